The van der Waals surface area contributed by atoms with Gasteiger partial charge >= 0.3 is 0 Å². The summed E-state index contributed by atoms with van der Waals surface area (Å²) in [5.41, 5.74) is 2.53. The van der Waals surface area contributed by atoms with Gasteiger partial charge in [0.2, 0.25) is 0 Å². The first-order chi connectivity index (χ1) is 8.10. The number of aliphatic hydroxyl groups is 1. The van der Waals surface area contributed by atoms with E-state index in [-0.39, 0.29) is 5.60 Å². The second kappa shape index (κ2) is 5.39. The van der Waals surface area contributed by atoms with Crippen LogP contribution in [-0.2, 0) is 0 Å². The molecule has 1 N–H and O–H groups in total. The summed E-state index contributed by atoms with van der Waals surface area (Å²) in [6.07, 6.45) is 13.8. The molecule has 0 aliphatic heterocycles. The van der Waals surface area contributed by atoms with Gasteiger partial charge < -0.3 is 5.11 Å². The van der Waals surface area contributed by atoms with Crippen LogP contribution in [0.5, 0.6) is 0 Å². The van der Waals surface area contributed by atoms with Gasteiger partial charge in [0.25, 0.3) is 0 Å². The maximum absolute atomic E-state index is 10.7. The number of rotatable bonds is 3. The number of allylic oxidation sites excluding steroid dienone is 3. The van der Waals surface area contributed by atoms with Gasteiger partial charge in [0.05, 0.1) is 5.60 Å². The first-order valence-corrected chi connectivity index (χ1v) is 7.14. The van der Waals surface area contributed by atoms with Crippen molar-refractivity contribution in [3.8, 4) is 0 Å². The molecule has 2 rings (SSSR count). The Kier molecular flexibility index (Phi) is 4.09. The molecule has 1 heteroatoms. The number of hydrogen-bond acceptors (Lipinski definition) is 1. The Morgan fingerprint density at radius 1 is 1.47 bits per heavy atom. The predicted molar refractivity (Wildman–Crippen MR) is 72.9 cm³/mol. The van der Waals surface area contributed by atoms with Crippen LogP contribution in [0.25, 0.3) is 0 Å². The summed E-state index contributed by atoms with van der Waals surface area (Å²) < 4.78 is 0. The summed E-state index contributed by atoms with van der Waals surface area (Å²) in [7, 11) is 0. The maximum Gasteiger partial charge on any atom is 0.0715 e. The van der Waals surface area contributed by atoms with Crippen LogP contribution in [0.15, 0.2) is 23.3 Å². The lowest BCUT2D eigenvalue weighted by atomic mass is 9.67. The summed E-state index contributed by atoms with van der Waals surface area (Å²) in [4.78, 5) is 0. The van der Waals surface area contributed by atoms with Crippen molar-refractivity contribution < 1.29 is 5.11 Å². The summed E-state index contributed by atoms with van der Waals surface area (Å²) in [6, 6.07) is 0. The monoisotopic (exact) mass is 234 g/mol. The van der Waals surface area contributed by atoms with E-state index in [2.05, 4.69) is 26.0 Å². The molecule has 0 radical (unpaired) electrons. The largest absolute Gasteiger partial charge is 0.389 e. The van der Waals surface area contributed by atoms with Crippen LogP contribution in [0.1, 0.15) is 65.2 Å². The molecule has 0 heterocycles. The lowest BCUT2D eigenvalue weighted by molar-refractivity contribution is -0.0520. The van der Waals surface area contributed by atoms with E-state index < -0.39 is 0 Å². The Bertz CT molecular complexity index is 322. The zero-order chi connectivity index (χ0) is 12.3. The molecular formula is C16H26O. The van der Waals surface area contributed by atoms with Gasteiger partial charge in [0.15, 0.2) is 0 Å². The van der Waals surface area contributed by atoms with Crippen LogP contribution in [0.4, 0.5) is 0 Å². The predicted octanol–water partition coefficient (Wildman–Crippen LogP) is 4.37. The normalized spacial score (nSPS) is 32.6. The van der Waals surface area contributed by atoms with Crippen LogP contribution in [0.2, 0.25) is 0 Å². The molecular weight excluding hydrogens is 208 g/mol. The van der Waals surface area contributed by atoms with Crippen molar-refractivity contribution in [3.05, 3.63) is 23.3 Å². The maximum atomic E-state index is 10.7. The Hall–Kier alpha value is -0.560. The van der Waals surface area contributed by atoms with E-state index in [9.17, 15) is 5.11 Å². The second-order valence-electron chi connectivity index (χ2n) is 6.14. The van der Waals surface area contributed by atoms with Crippen LogP contribution in [-0.4, -0.2) is 10.7 Å². The Labute approximate surface area is 106 Å². The molecule has 96 valence electrons. The SMILES string of the molecule is CC(C)=CCCC1=CC[C@H]2CCCC[C@@]2(O)C1. The smallest absolute Gasteiger partial charge is 0.0715 e. The second-order valence-corrected chi connectivity index (χ2v) is 6.14. The minimum atomic E-state index is -0.354. The molecule has 2 aliphatic carbocycles. The van der Waals surface area contributed by atoms with Gasteiger partial charge in [-0.2, -0.15) is 0 Å². The summed E-state index contributed by atoms with van der Waals surface area (Å²) >= 11 is 0. The average Bonchev–Trinajstić information content (AvgIpc) is 2.27. The molecule has 0 aromatic rings. The van der Waals surface area contributed by atoms with Gasteiger partial charge in [-0.15, -0.1) is 0 Å². The molecule has 0 aromatic heterocycles. The molecule has 2 atom stereocenters. The zero-order valence-electron chi connectivity index (χ0n) is 11.3. The first kappa shape index (κ1) is 12.9. The Morgan fingerprint density at radius 3 is 3.06 bits per heavy atom. The van der Waals surface area contributed by atoms with Crippen molar-refractivity contribution >= 4 is 0 Å². The molecule has 2 aliphatic rings. The van der Waals surface area contributed by atoms with Crippen molar-refractivity contribution in [2.75, 3.05) is 0 Å². The third kappa shape index (κ3) is 3.22. The molecule has 0 saturated heterocycles. The van der Waals surface area contributed by atoms with Crippen molar-refractivity contribution in [1.82, 2.24) is 0 Å². The lowest BCUT2D eigenvalue weighted by Crippen LogP contribution is -2.42. The molecule has 17 heavy (non-hydrogen) atoms. The van der Waals surface area contributed by atoms with Gasteiger partial charge in [0.1, 0.15) is 0 Å². The number of fused-ring (bicyclic) bond motifs is 1. The quantitative estimate of drug-likeness (QED) is 0.719. The molecule has 0 aromatic carbocycles. The van der Waals surface area contributed by atoms with E-state index in [1.54, 1.807) is 0 Å². The highest BCUT2D eigenvalue weighted by atomic mass is 16.3. The number of hydrogen-bond donors (Lipinski definition) is 1. The standard InChI is InChI=1S/C16H26O/c1-13(2)6-5-7-14-9-10-15-8-3-4-11-16(15,17)12-14/h6,9,15,17H,3-5,7-8,10-12H2,1-2H3/t15-,16-/m1/s1. The molecule has 0 unspecified atom stereocenters. The molecule has 1 nitrogen and oxygen atoms in total. The Morgan fingerprint density at radius 2 is 2.29 bits per heavy atom. The van der Waals surface area contributed by atoms with Crippen LogP contribution in [0.3, 0.4) is 0 Å². The summed E-state index contributed by atoms with van der Waals surface area (Å²) in [5, 5.41) is 10.7. The van der Waals surface area contributed by atoms with Gasteiger partial charge in [-0.25, -0.2) is 0 Å². The third-order valence-corrected chi connectivity index (χ3v) is 4.41. The van der Waals surface area contributed by atoms with E-state index in [1.165, 1.54) is 30.4 Å². The molecule has 0 spiro atoms. The highest BCUT2D eigenvalue weighted by Gasteiger charge is 2.40. The Balaban J connectivity index is 1.93. The van der Waals surface area contributed by atoms with E-state index in [0.29, 0.717) is 5.92 Å². The van der Waals surface area contributed by atoms with Crippen molar-refractivity contribution in [1.29, 1.82) is 0 Å². The van der Waals surface area contributed by atoms with Gasteiger partial charge in [-0.05, 0) is 58.3 Å². The van der Waals surface area contributed by atoms with Gasteiger partial charge in [0, 0.05) is 0 Å². The van der Waals surface area contributed by atoms with Crippen molar-refractivity contribution in [2.24, 2.45) is 5.92 Å². The van der Waals surface area contributed by atoms with Gasteiger partial charge in [-0.1, -0.05) is 36.1 Å². The van der Waals surface area contributed by atoms with Crippen molar-refractivity contribution in [2.45, 2.75) is 70.8 Å². The fraction of sp³-hybridized carbons (Fsp3) is 0.750. The van der Waals surface area contributed by atoms with Crippen molar-refractivity contribution in [3.63, 3.8) is 0 Å². The first-order valence-electron chi connectivity index (χ1n) is 7.14. The van der Waals surface area contributed by atoms with E-state index >= 15 is 0 Å². The lowest BCUT2D eigenvalue weighted by Gasteiger charge is -2.43. The van der Waals surface area contributed by atoms with E-state index in [1.807, 2.05) is 0 Å². The van der Waals surface area contributed by atoms with Crippen LogP contribution < -0.4 is 0 Å². The summed E-state index contributed by atoms with van der Waals surface area (Å²) in [5.74, 6) is 0.545. The highest BCUT2D eigenvalue weighted by molar-refractivity contribution is 5.15. The molecule has 0 amide bonds. The van der Waals surface area contributed by atoms with E-state index in [0.717, 1.165) is 32.1 Å². The average molecular weight is 234 g/mol. The zero-order valence-corrected chi connectivity index (χ0v) is 11.3. The molecule has 0 bridgehead atoms. The highest BCUT2D eigenvalue weighted by Crippen LogP contribution is 2.44. The molecule has 1 fully saturated rings. The summed E-state index contributed by atoms with van der Waals surface area (Å²) in [6.45, 7) is 4.31. The fourth-order valence-corrected chi connectivity index (χ4v) is 3.38. The van der Waals surface area contributed by atoms with Crippen LogP contribution in [0, 0.1) is 5.92 Å². The fourth-order valence-electron chi connectivity index (χ4n) is 3.38. The topological polar surface area (TPSA) is 20.2 Å². The minimum absolute atomic E-state index is 0.354. The minimum Gasteiger partial charge on any atom is -0.389 e. The van der Waals surface area contributed by atoms with E-state index in [4.69, 9.17) is 0 Å². The van der Waals surface area contributed by atoms with Crippen LogP contribution >= 0.6 is 0 Å². The molecule has 1 saturated carbocycles. The third-order valence-electron chi connectivity index (χ3n) is 4.41. The van der Waals surface area contributed by atoms with Gasteiger partial charge in [-0.3, -0.25) is 0 Å².